The van der Waals surface area contributed by atoms with Crippen LogP contribution in [0, 0.1) is 0 Å². The summed E-state index contributed by atoms with van der Waals surface area (Å²) >= 11 is 1.00. The van der Waals surface area contributed by atoms with Crippen molar-refractivity contribution in [3.8, 4) is 22.6 Å². The van der Waals surface area contributed by atoms with Gasteiger partial charge in [-0.3, -0.25) is 0 Å². The molecule has 29 heavy (non-hydrogen) atoms. The predicted octanol–water partition coefficient (Wildman–Crippen LogP) is 2.94. The Balaban J connectivity index is 1.65. The predicted molar refractivity (Wildman–Crippen MR) is 112 cm³/mol. The molecule has 0 saturated carbocycles. The molecule has 0 aliphatic carbocycles. The minimum Gasteiger partial charge on any atom is -0.497 e. The Morgan fingerprint density at radius 1 is 1.14 bits per heavy atom. The van der Waals surface area contributed by atoms with E-state index >= 15 is 0 Å². The van der Waals surface area contributed by atoms with E-state index in [1.54, 1.807) is 14.2 Å². The number of nitrogens with one attached hydrogen (secondary N) is 1. The van der Waals surface area contributed by atoms with Gasteiger partial charge in [0.15, 0.2) is 0 Å². The highest BCUT2D eigenvalue weighted by atomic mass is 32.2. The molecule has 0 atom stereocenters. The van der Waals surface area contributed by atoms with Crippen molar-refractivity contribution in [3.05, 3.63) is 53.9 Å². The number of rotatable bonds is 6. The normalized spacial score (nSPS) is 14.3. The van der Waals surface area contributed by atoms with Crippen LogP contribution in [0.4, 0.5) is 5.13 Å². The Labute approximate surface area is 173 Å². The smallest absolute Gasteiger partial charge is 0.303 e. The summed E-state index contributed by atoms with van der Waals surface area (Å²) in [6.07, 6.45) is 1.92. The molecule has 1 aliphatic heterocycles. The van der Waals surface area contributed by atoms with Crippen molar-refractivity contribution in [2.75, 3.05) is 25.5 Å². The summed E-state index contributed by atoms with van der Waals surface area (Å²) in [5.41, 5.74) is 4.08. The summed E-state index contributed by atoms with van der Waals surface area (Å²) in [4.78, 5) is 3.89. The van der Waals surface area contributed by atoms with E-state index in [9.17, 15) is 8.42 Å². The third kappa shape index (κ3) is 3.91. The van der Waals surface area contributed by atoms with Crippen molar-refractivity contribution in [1.29, 1.82) is 0 Å². The van der Waals surface area contributed by atoms with Crippen LogP contribution in [0.3, 0.4) is 0 Å². The molecule has 152 valence electrons. The average molecular weight is 433 g/mol. The molecule has 1 aromatic heterocycles. The number of anilines is 1. The highest BCUT2D eigenvalue weighted by Crippen LogP contribution is 2.38. The topological polar surface area (TPSA) is 93.7 Å². The number of hydrogen-bond donors (Lipinski definition) is 1. The number of aromatic nitrogens is 2. The van der Waals surface area contributed by atoms with E-state index in [1.165, 1.54) is 10.6 Å². The van der Waals surface area contributed by atoms with Gasteiger partial charge < -0.3 is 9.47 Å². The molecule has 0 saturated heterocycles. The number of fused-ring (bicyclic) bond motifs is 1. The Morgan fingerprint density at radius 2 is 2.00 bits per heavy atom. The standard InChI is InChI=1S/C19H20N4O4S2/c1-26-14-6-7-17(18(10-14)27-2)16-5-3-4-13-11-23(9-8-15(13)16)29(24,25)22-19-20-12-21-28-19/h3-7,10,12H,8-9,11H2,1-2H3,(H,20,21,22). The van der Waals surface area contributed by atoms with Crippen LogP contribution in [-0.2, 0) is 23.2 Å². The zero-order chi connectivity index (χ0) is 20.4. The van der Waals surface area contributed by atoms with E-state index in [-0.39, 0.29) is 11.7 Å². The molecule has 0 radical (unpaired) electrons. The summed E-state index contributed by atoms with van der Waals surface area (Å²) in [5.74, 6) is 1.43. The minimum absolute atomic E-state index is 0.257. The van der Waals surface area contributed by atoms with Crippen molar-refractivity contribution in [1.82, 2.24) is 13.7 Å². The quantitative estimate of drug-likeness (QED) is 0.644. The summed E-state index contributed by atoms with van der Waals surface area (Å²) in [5, 5.41) is 0.257. The summed E-state index contributed by atoms with van der Waals surface area (Å²) in [6, 6.07) is 11.6. The summed E-state index contributed by atoms with van der Waals surface area (Å²) < 4.78 is 44.0. The summed E-state index contributed by atoms with van der Waals surface area (Å²) in [7, 11) is -0.457. The molecule has 1 aliphatic rings. The van der Waals surface area contributed by atoms with Crippen LogP contribution in [0.1, 0.15) is 11.1 Å². The number of methoxy groups -OCH3 is 2. The van der Waals surface area contributed by atoms with Crippen LogP contribution >= 0.6 is 11.5 Å². The molecule has 8 nitrogen and oxygen atoms in total. The molecule has 0 bridgehead atoms. The second-order valence-electron chi connectivity index (χ2n) is 6.45. The van der Waals surface area contributed by atoms with Crippen LogP contribution in [-0.4, -0.2) is 42.8 Å². The molecule has 0 fully saturated rings. The van der Waals surface area contributed by atoms with E-state index in [0.29, 0.717) is 18.7 Å². The second kappa shape index (κ2) is 7.97. The van der Waals surface area contributed by atoms with Gasteiger partial charge in [-0.2, -0.15) is 17.1 Å². The first-order valence-corrected chi connectivity index (χ1v) is 11.1. The van der Waals surface area contributed by atoms with Crippen molar-refractivity contribution >= 4 is 26.9 Å². The Morgan fingerprint density at radius 3 is 2.72 bits per heavy atom. The van der Waals surface area contributed by atoms with Crippen LogP contribution in [0.15, 0.2) is 42.7 Å². The van der Waals surface area contributed by atoms with Crippen LogP contribution in [0.5, 0.6) is 11.5 Å². The zero-order valence-corrected chi connectivity index (χ0v) is 17.6. The first-order chi connectivity index (χ1) is 14.0. The van der Waals surface area contributed by atoms with Gasteiger partial charge in [0.05, 0.1) is 14.2 Å². The molecule has 0 unspecified atom stereocenters. The molecule has 0 amide bonds. The SMILES string of the molecule is COc1ccc(-c2cccc3c2CCN(S(=O)(=O)Nc2ncns2)C3)c(OC)c1. The maximum absolute atomic E-state index is 12.7. The number of benzene rings is 2. The average Bonchev–Trinajstić information content (AvgIpc) is 3.24. The van der Waals surface area contributed by atoms with Crippen molar-refractivity contribution in [2.24, 2.45) is 0 Å². The van der Waals surface area contributed by atoms with Gasteiger partial charge in [0.25, 0.3) is 0 Å². The number of hydrogen-bond acceptors (Lipinski definition) is 7. The lowest BCUT2D eigenvalue weighted by atomic mass is 9.91. The lowest BCUT2D eigenvalue weighted by Crippen LogP contribution is -2.39. The first-order valence-electron chi connectivity index (χ1n) is 8.89. The maximum Gasteiger partial charge on any atom is 0.303 e. The van der Waals surface area contributed by atoms with Crippen LogP contribution in [0.25, 0.3) is 11.1 Å². The van der Waals surface area contributed by atoms with Gasteiger partial charge in [-0.1, -0.05) is 18.2 Å². The van der Waals surface area contributed by atoms with E-state index in [2.05, 4.69) is 14.1 Å². The molecule has 2 aromatic carbocycles. The van der Waals surface area contributed by atoms with Gasteiger partial charge in [0.2, 0.25) is 5.13 Å². The maximum atomic E-state index is 12.7. The largest absolute Gasteiger partial charge is 0.497 e. The highest BCUT2D eigenvalue weighted by molar-refractivity contribution is 7.90. The van der Waals surface area contributed by atoms with Crippen molar-refractivity contribution in [2.45, 2.75) is 13.0 Å². The third-order valence-corrected chi connectivity index (χ3v) is 7.00. The zero-order valence-electron chi connectivity index (χ0n) is 16.0. The number of ether oxygens (including phenoxy) is 2. The highest BCUT2D eigenvalue weighted by Gasteiger charge is 2.29. The fraction of sp³-hybridized carbons (Fsp3) is 0.263. The lowest BCUT2D eigenvalue weighted by molar-refractivity contribution is 0.392. The van der Waals surface area contributed by atoms with Crippen LogP contribution in [0.2, 0.25) is 0 Å². The number of nitrogens with zero attached hydrogens (tertiary/aromatic N) is 3. The Bertz CT molecular complexity index is 1120. The van der Waals surface area contributed by atoms with Gasteiger partial charge in [0, 0.05) is 36.3 Å². The fourth-order valence-electron chi connectivity index (χ4n) is 3.46. The molecule has 2 heterocycles. The van der Waals surface area contributed by atoms with Gasteiger partial charge >= 0.3 is 10.2 Å². The first kappa shape index (κ1) is 19.6. The fourth-order valence-corrected chi connectivity index (χ4v) is 5.25. The summed E-state index contributed by atoms with van der Waals surface area (Å²) in [6.45, 7) is 0.659. The van der Waals surface area contributed by atoms with E-state index in [0.717, 1.165) is 39.5 Å². The van der Waals surface area contributed by atoms with Gasteiger partial charge in [0.1, 0.15) is 17.8 Å². The monoisotopic (exact) mass is 432 g/mol. The van der Waals surface area contributed by atoms with E-state index in [1.807, 2.05) is 36.4 Å². The molecular weight excluding hydrogens is 412 g/mol. The second-order valence-corrected chi connectivity index (χ2v) is 8.90. The molecule has 10 heteroatoms. The van der Waals surface area contributed by atoms with Crippen molar-refractivity contribution in [3.63, 3.8) is 0 Å². The van der Waals surface area contributed by atoms with Crippen molar-refractivity contribution < 1.29 is 17.9 Å². The van der Waals surface area contributed by atoms with Crippen LogP contribution < -0.4 is 14.2 Å². The Hall–Kier alpha value is -2.69. The molecule has 0 spiro atoms. The van der Waals surface area contributed by atoms with Gasteiger partial charge in [-0.25, -0.2) is 9.71 Å². The van der Waals surface area contributed by atoms with Gasteiger partial charge in [-0.05, 0) is 35.2 Å². The van der Waals surface area contributed by atoms with E-state index < -0.39 is 10.2 Å². The molecule has 3 aromatic rings. The lowest BCUT2D eigenvalue weighted by Gasteiger charge is -2.29. The molecule has 4 rings (SSSR count). The third-order valence-electron chi connectivity index (χ3n) is 4.85. The van der Waals surface area contributed by atoms with Gasteiger partial charge in [-0.15, -0.1) is 0 Å². The Kier molecular flexibility index (Phi) is 5.39. The molecular formula is C19H20N4O4S2. The minimum atomic E-state index is -3.70. The van der Waals surface area contributed by atoms with E-state index in [4.69, 9.17) is 9.47 Å². The molecule has 1 N–H and O–H groups in total.